The minimum Gasteiger partial charge on any atom is -0.467 e. The highest BCUT2D eigenvalue weighted by molar-refractivity contribution is 5.79. The Labute approximate surface area is 130 Å². The summed E-state index contributed by atoms with van der Waals surface area (Å²) in [7, 11) is 1.76. The van der Waals surface area contributed by atoms with Gasteiger partial charge in [0.05, 0.1) is 31.1 Å². The maximum Gasteiger partial charge on any atom is 0.191 e. The zero-order chi connectivity index (χ0) is 15.2. The molecule has 0 atom stereocenters. The van der Waals surface area contributed by atoms with Crippen molar-refractivity contribution < 1.29 is 4.42 Å². The van der Waals surface area contributed by atoms with Gasteiger partial charge in [-0.15, -0.1) is 0 Å². The van der Waals surface area contributed by atoms with Crippen LogP contribution in [0.5, 0.6) is 0 Å². The number of hydrogen-bond donors (Lipinski definition) is 2. The first-order chi connectivity index (χ1) is 10.8. The van der Waals surface area contributed by atoms with E-state index in [1.807, 2.05) is 12.1 Å². The molecule has 2 aromatic rings. The molecule has 2 aromatic heterocycles. The van der Waals surface area contributed by atoms with Gasteiger partial charge in [0.15, 0.2) is 5.96 Å². The molecule has 0 radical (unpaired) electrons. The standard InChI is InChI=1S/C16H23N5O/c1-17-16(19-12-15-7-4-10-22-15)18-11-13-8-9-21(20-13)14-5-2-3-6-14/h4,7-10,14H,2-3,5-6,11-12H2,1H3,(H2,17,18,19). The maximum absolute atomic E-state index is 5.29. The first kappa shape index (κ1) is 14.7. The van der Waals surface area contributed by atoms with Gasteiger partial charge in [-0.3, -0.25) is 9.67 Å². The van der Waals surface area contributed by atoms with E-state index < -0.39 is 0 Å². The maximum atomic E-state index is 5.29. The minimum absolute atomic E-state index is 0.588. The van der Waals surface area contributed by atoms with E-state index in [-0.39, 0.29) is 0 Å². The van der Waals surface area contributed by atoms with Gasteiger partial charge in [0.25, 0.3) is 0 Å². The van der Waals surface area contributed by atoms with Gasteiger partial charge in [-0.1, -0.05) is 12.8 Å². The van der Waals surface area contributed by atoms with Crippen LogP contribution in [0.2, 0.25) is 0 Å². The fraction of sp³-hybridized carbons (Fsp3) is 0.500. The molecule has 6 nitrogen and oxygen atoms in total. The summed E-state index contributed by atoms with van der Waals surface area (Å²) in [5, 5.41) is 11.1. The van der Waals surface area contributed by atoms with Crippen molar-refractivity contribution in [2.24, 2.45) is 4.99 Å². The molecule has 6 heteroatoms. The lowest BCUT2D eigenvalue weighted by Gasteiger charge is -2.11. The molecule has 2 N–H and O–H groups in total. The van der Waals surface area contributed by atoms with Gasteiger partial charge in [-0.2, -0.15) is 5.10 Å². The molecule has 0 bridgehead atoms. The van der Waals surface area contributed by atoms with E-state index in [1.54, 1.807) is 13.3 Å². The third kappa shape index (κ3) is 3.69. The Morgan fingerprint density at radius 3 is 2.86 bits per heavy atom. The second-order valence-electron chi connectivity index (χ2n) is 5.58. The van der Waals surface area contributed by atoms with Crippen molar-refractivity contribution in [1.82, 2.24) is 20.4 Å². The summed E-state index contributed by atoms with van der Waals surface area (Å²) >= 11 is 0. The van der Waals surface area contributed by atoms with E-state index >= 15 is 0 Å². The number of nitrogens with one attached hydrogen (secondary N) is 2. The average molecular weight is 301 g/mol. The number of rotatable bonds is 5. The lowest BCUT2D eigenvalue weighted by atomic mass is 10.3. The molecule has 0 saturated heterocycles. The molecular formula is C16H23N5O. The SMILES string of the molecule is CN=C(NCc1ccn(C2CCCC2)n1)NCc1ccco1. The van der Waals surface area contributed by atoms with Gasteiger partial charge in [0, 0.05) is 13.2 Å². The van der Waals surface area contributed by atoms with Crippen molar-refractivity contribution >= 4 is 5.96 Å². The van der Waals surface area contributed by atoms with Gasteiger partial charge < -0.3 is 15.1 Å². The Hall–Kier alpha value is -2.24. The van der Waals surface area contributed by atoms with Crippen LogP contribution in [0.1, 0.15) is 43.2 Å². The molecular weight excluding hydrogens is 278 g/mol. The zero-order valence-corrected chi connectivity index (χ0v) is 13.0. The third-order valence-electron chi connectivity index (χ3n) is 4.03. The van der Waals surface area contributed by atoms with Crippen molar-refractivity contribution in [2.45, 2.75) is 44.8 Å². The van der Waals surface area contributed by atoms with Gasteiger partial charge in [0.2, 0.25) is 0 Å². The van der Waals surface area contributed by atoms with Crippen LogP contribution >= 0.6 is 0 Å². The molecule has 0 amide bonds. The van der Waals surface area contributed by atoms with Crippen LogP contribution in [0, 0.1) is 0 Å². The van der Waals surface area contributed by atoms with Crippen molar-refractivity contribution in [1.29, 1.82) is 0 Å². The first-order valence-electron chi connectivity index (χ1n) is 7.86. The molecule has 1 aliphatic carbocycles. The zero-order valence-electron chi connectivity index (χ0n) is 13.0. The summed E-state index contributed by atoms with van der Waals surface area (Å²) in [6, 6.07) is 6.47. The van der Waals surface area contributed by atoms with Crippen molar-refractivity contribution in [2.75, 3.05) is 7.05 Å². The molecule has 0 unspecified atom stereocenters. The second kappa shape index (κ2) is 7.15. The highest BCUT2D eigenvalue weighted by Gasteiger charge is 2.17. The number of aliphatic imine (C=N–C) groups is 1. The van der Waals surface area contributed by atoms with Crippen molar-refractivity contribution in [3.63, 3.8) is 0 Å². The molecule has 3 rings (SSSR count). The van der Waals surface area contributed by atoms with E-state index in [9.17, 15) is 0 Å². The summed E-state index contributed by atoms with van der Waals surface area (Å²) < 4.78 is 7.40. The molecule has 22 heavy (non-hydrogen) atoms. The Morgan fingerprint density at radius 2 is 2.14 bits per heavy atom. The molecule has 2 heterocycles. The molecule has 118 valence electrons. The Balaban J connectivity index is 1.48. The van der Waals surface area contributed by atoms with Crippen LogP contribution in [-0.2, 0) is 13.1 Å². The van der Waals surface area contributed by atoms with Crippen LogP contribution in [0.3, 0.4) is 0 Å². The quantitative estimate of drug-likeness (QED) is 0.657. The molecule has 0 aromatic carbocycles. The van der Waals surface area contributed by atoms with Gasteiger partial charge >= 0.3 is 0 Å². The van der Waals surface area contributed by atoms with Crippen LogP contribution in [0.15, 0.2) is 40.1 Å². The summed E-state index contributed by atoms with van der Waals surface area (Å²) in [6.45, 7) is 1.28. The molecule has 1 saturated carbocycles. The fourth-order valence-electron chi connectivity index (χ4n) is 2.82. The lowest BCUT2D eigenvalue weighted by Crippen LogP contribution is -2.36. The molecule has 0 aliphatic heterocycles. The smallest absolute Gasteiger partial charge is 0.191 e. The number of hydrogen-bond acceptors (Lipinski definition) is 3. The van der Waals surface area contributed by atoms with E-state index in [0.717, 1.165) is 17.4 Å². The Kier molecular flexibility index (Phi) is 4.78. The third-order valence-corrected chi connectivity index (χ3v) is 4.03. The van der Waals surface area contributed by atoms with Crippen LogP contribution < -0.4 is 10.6 Å². The predicted molar refractivity (Wildman–Crippen MR) is 85.5 cm³/mol. The van der Waals surface area contributed by atoms with Crippen molar-refractivity contribution in [3.05, 3.63) is 42.1 Å². The van der Waals surface area contributed by atoms with E-state index in [4.69, 9.17) is 4.42 Å². The Morgan fingerprint density at radius 1 is 1.32 bits per heavy atom. The van der Waals surface area contributed by atoms with Gasteiger partial charge in [-0.05, 0) is 31.0 Å². The Bertz CT molecular complexity index is 596. The van der Waals surface area contributed by atoms with E-state index in [0.29, 0.717) is 19.1 Å². The summed E-state index contributed by atoms with van der Waals surface area (Å²) in [5.74, 6) is 1.63. The predicted octanol–water partition coefficient (Wildman–Crippen LogP) is 2.46. The van der Waals surface area contributed by atoms with Gasteiger partial charge in [0.1, 0.15) is 5.76 Å². The highest BCUT2D eigenvalue weighted by atomic mass is 16.3. The van der Waals surface area contributed by atoms with Crippen molar-refractivity contribution in [3.8, 4) is 0 Å². The van der Waals surface area contributed by atoms with Crippen LogP contribution in [0.25, 0.3) is 0 Å². The summed E-state index contributed by atoms with van der Waals surface area (Å²) in [4.78, 5) is 4.20. The van der Waals surface area contributed by atoms with Crippen LogP contribution in [0.4, 0.5) is 0 Å². The van der Waals surface area contributed by atoms with E-state index in [1.165, 1.54) is 25.7 Å². The number of nitrogens with zero attached hydrogens (tertiary/aromatic N) is 3. The second-order valence-corrected chi connectivity index (χ2v) is 5.58. The average Bonchev–Trinajstić information content (AvgIpc) is 3.29. The fourth-order valence-corrected chi connectivity index (χ4v) is 2.82. The normalized spacial score (nSPS) is 16.1. The number of guanidine groups is 1. The number of furan rings is 1. The van der Waals surface area contributed by atoms with E-state index in [2.05, 4.69) is 37.7 Å². The molecule has 1 fully saturated rings. The summed E-state index contributed by atoms with van der Waals surface area (Å²) in [6.07, 6.45) is 8.90. The molecule has 0 spiro atoms. The number of aromatic nitrogens is 2. The summed E-state index contributed by atoms with van der Waals surface area (Å²) in [5.41, 5.74) is 1.04. The first-order valence-corrected chi connectivity index (χ1v) is 7.86. The monoisotopic (exact) mass is 301 g/mol. The topological polar surface area (TPSA) is 67.4 Å². The van der Waals surface area contributed by atoms with Gasteiger partial charge in [-0.25, -0.2) is 0 Å². The van der Waals surface area contributed by atoms with Crippen LogP contribution in [-0.4, -0.2) is 22.8 Å². The highest BCUT2D eigenvalue weighted by Crippen LogP contribution is 2.28. The minimum atomic E-state index is 0.588. The molecule has 1 aliphatic rings. The lowest BCUT2D eigenvalue weighted by molar-refractivity contribution is 0.462. The largest absolute Gasteiger partial charge is 0.467 e.